The Balaban J connectivity index is 1.77. The van der Waals surface area contributed by atoms with Gasteiger partial charge in [-0.2, -0.15) is 10.5 Å². The van der Waals surface area contributed by atoms with Crippen LogP contribution in [-0.4, -0.2) is 23.5 Å². The van der Waals surface area contributed by atoms with Gasteiger partial charge >= 0.3 is 5.97 Å². The van der Waals surface area contributed by atoms with Crippen LogP contribution in [0, 0.1) is 40.1 Å². The maximum atomic E-state index is 15.3. The summed E-state index contributed by atoms with van der Waals surface area (Å²) < 4.78 is 102. The molecule has 1 aromatic heterocycles. The molecule has 0 bridgehead atoms. The molecular weight excluding hydrogens is 665 g/mol. The largest absolute Gasteiger partial charge is 0.478 e. The smallest absolute Gasteiger partial charge is 0.335 e. The van der Waals surface area contributed by atoms with E-state index in [1.54, 1.807) is 0 Å². The molecule has 0 fully saturated rings. The second-order valence-electron chi connectivity index (χ2n) is 10.7. The average molecular weight is 684 g/mol. The Morgan fingerprint density at radius 3 is 1.90 bits per heavy atom. The number of nitriles is 2. The second-order valence-corrected chi connectivity index (χ2v) is 12.5. The van der Waals surface area contributed by atoms with Crippen molar-refractivity contribution in [2.45, 2.75) is 11.3 Å². The summed E-state index contributed by atoms with van der Waals surface area (Å²) in [7, 11) is -4.76. The third kappa shape index (κ3) is 5.56. The molecule has 6 aromatic rings. The molecule has 5 aromatic carbocycles. The van der Waals surface area contributed by atoms with Gasteiger partial charge in [0.1, 0.15) is 17.5 Å². The summed E-state index contributed by atoms with van der Waals surface area (Å²) in [6.07, 6.45) is -2.89. The minimum Gasteiger partial charge on any atom is -0.478 e. The highest BCUT2D eigenvalue weighted by Crippen LogP contribution is 2.46. The molecule has 49 heavy (non-hydrogen) atoms. The lowest BCUT2D eigenvalue weighted by molar-refractivity contribution is 0.0695. The number of carbonyl (C=O) groups is 1. The van der Waals surface area contributed by atoms with Gasteiger partial charge in [0.25, 0.3) is 16.4 Å². The fraction of sp³-hybridized carbons (Fsp3) is 0.0278. The predicted octanol–water partition coefficient (Wildman–Crippen LogP) is 8.68. The third-order valence-electron chi connectivity index (χ3n) is 7.83. The maximum absolute atomic E-state index is 15.3. The minimum atomic E-state index is -4.76. The fourth-order valence-corrected chi connectivity index (χ4v) is 7.24. The van der Waals surface area contributed by atoms with Gasteiger partial charge in [-0.15, -0.1) is 0 Å². The predicted molar refractivity (Wildman–Crippen MR) is 168 cm³/mol. The van der Waals surface area contributed by atoms with Crippen LogP contribution < -0.4 is 0 Å². The van der Waals surface area contributed by atoms with Gasteiger partial charge in [-0.25, -0.2) is 39.1 Å². The number of fused-ring (bicyclic) bond motifs is 1. The molecule has 0 atom stereocenters. The van der Waals surface area contributed by atoms with E-state index in [1.807, 2.05) is 12.1 Å². The number of alkyl halides is 2. The number of aromatic nitrogens is 1. The van der Waals surface area contributed by atoms with Gasteiger partial charge in [-0.05, 0) is 66.2 Å². The van der Waals surface area contributed by atoms with Crippen LogP contribution in [0.3, 0.4) is 0 Å². The first kappa shape index (κ1) is 32.6. The number of benzene rings is 5. The molecule has 242 valence electrons. The quantitative estimate of drug-likeness (QED) is 0.168. The Morgan fingerprint density at radius 2 is 1.33 bits per heavy atom. The molecule has 0 radical (unpaired) electrons. The van der Waals surface area contributed by atoms with E-state index in [1.165, 1.54) is 42.5 Å². The molecule has 0 amide bonds. The first-order valence-electron chi connectivity index (χ1n) is 14.1. The Bertz CT molecular complexity index is 2480. The summed E-state index contributed by atoms with van der Waals surface area (Å²) in [4.78, 5) is 10.9. The highest BCUT2D eigenvalue weighted by atomic mass is 32.2. The van der Waals surface area contributed by atoms with Crippen molar-refractivity contribution in [1.82, 2.24) is 3.97 Å². The lowest BCUT2D eigenvalue weighted by Crippen LogP contribution is -2.14. The van der Waals surface area contributed by atoms with Crippen molar-refractivity contribution < 1.29 is 40.3 Å². The van der Waals surface area contributed by atoms with E-state index in [4.69, 9.17) is 0 Å². The second kappa shape index (κ2) is 12.4. The molecule has 0 saturated carbocycles. The topological polar surface area (TPSA) is 124 Å². The summed E-state index contributed by atoms with van der Waals surface area (Å²) >= 11 is 0. The molecule has 1 N–H and O–H groups in total. The first-order chi connectivity index (χ1) is 23.4. The van der Waals surface area contributed by atoms with Crippen LogP contribution >= 0.6 is 0 Å². The van der Waals surface area contributed by atoms with Gasteiger partial charge in [0.05, 0.1) is 50.5 Å². The van der Waals surface area contributed by atoms with Crippen LogP contribution in [0.25, 0.3) is 44.4 Å². The van der Waals surface area contributed by atoms with Gasteiger partial charge in [-0.3, -0.25) is 0 Å². The van der Waals surface area contributed by atoms with E-state index < -0.39 is 61.5 Å². The molecule has 13 heteroatoms. The molecule has 0 aliphatic carbocycles. The van der Waals surface area contributed by atoms with E-state index >= 15 is 8.78 Å². The third-order valence-corrected chi connectivity index (χ3v) is 9.55. The number of rotatable bonds is 7. The van der Waals surface area contributed by atoms with Crippen molar-refractivity contribution >= 4 is 26.9 Å². The number of halogens is 5. The summed E-state index contributed by atoms with van der Waals surface area (Å²) in [5, 5.41) is 29.3. The molecule has 0 spiro atoms. The number of aromatic carboxylic acids is 1. The van der Waals surface area contributed by atoms with Crippen LogP contribution in [0.1, 0.15) is 33.5 Å². The van der Waals surface area contributed by atoms with Crippen molar-refractivity contribution in [3.63, 3.8) is 0 Å². The van der Waals surface area contributed by atoms with Crippen LogP contribution in [0.15, 0.2) is 102 Å². The molecular formula is C36H18F5N3O4S. The summed E-state index contributed by atoms with van der Waals surface area (Å²) in [6.45, 7) is 0. The zero-order valence-electron chi connectivity index (χ0n) is 24.6. The Labute approximate surface area is 275 Å². The van der Waals surface area contributed by atoms with E-state index in [2.05, 4.69) is 0 Å². The van der Waals surface area contributed by atoms with Gasteiger partial charge in [-0.1, -0.05) is 36.4 Å². The number of hydrogen-bond acceptors (Lipinski definition) is 5. The molecule has 7 nitrogen and oxygen atoms in total. The van der Waals surface area contributed by atoms with Crippen LogP contribution in [-0.2, 0) is 10.0 Å². The number of carboxylic acids is 1. The number of nitrogens with zero attached hydrogens (tertiary/aromatic N) is 3. The first-order valence-corrected chi connectivity index (χ1v) is 15.6. The van der Waals surface area contributed by atoms with Gasteiger partial charge < -0.3 is 5.11 Å². The molecule has 1 heterocycles. The summed E-state index contributed by atoms with van der Waals surface area (Å²) in [5.41, 5.74) is -2.61. The Hall–Kier alpha value is -6.31. The summed E-state index contributed by atoms with van der Waals surface area (Å²) in [6, 6.07) is 21.5. The molecule has 0 aliphatic rings. The van der Waals surface area contributed by atoms with E-state index in [-0.39, 0.29) is 50.0 Å². The SMILES string of the molecule is N#Cc1cccc(C#N)c1-c1c(-c2cccc(-c3c(F)cc(C(=O)O)cc3F)c2)n(S(=O)(=O)c2ccc(C(F)F)cc2)c2ccc(F)cc12. The van der Waals surface area contributed by atoms with Gasteiger partial charge in [0.2, 0.25) is 0 Å². The highest BCUT2D eigenvalue weighted by Gasteiger charge is 2.31. The van der Waals surface area contributed by atoms with Crippen molar-refractivity contribution in [3.05, 3.63) is 137 Å². The monoisotopic (exact) mass is 683 g/mol. The Kier molecular flexibility index (Phi) is 8.24. The van der Waals surface area contributed by atoms with Gasteiger partial charge in [0.15, 0.2) is 0 Å². The zero-order valence-corrected chi connectivity index (χ0v) is 25.4. The van der Waals surface area contributed by atoms with Crippen LogP contribution in [0.2, 0.25) is 0 Å². The molecule has 0 aliphatic heterocycles. The normalized spacial score (nSPS) is 11.4. The fourth-order valence-electron chi connectivity index (χ4n) is 5.69. The summed E-state index contributed by atoms with van der Waals surface area (Å²) in [5.74, 6) is -4.84. The van der Waals surface area contributed by atoms with E-state index in [9.17, 15) is 42.0 Å². The molecule has 0 unspecified atom stereocenters. The maximum Gasteiger partial charge on any atom is 0.335 e. The van der Waals surface area contributed by atoms with Crippen LogP contribution in [0.5, 0.6) is 0 Å². The molecule has 6 rings (SSSR count). The highest BCUT2D eigenvalue weighted by molar-refractivity contribution is 7.90. The van der Waals surface area contributed by atoms with Crippen molar-refractivity contribution in [1.29, 1.82) is 10.5 Å². The lowest BCUT2D eigenvalue weighted by atomic mass is 9.90. The zero-order chi connectivity index (χ0) is 35.2. The van der Waals surface area contributed by atoms with Gasteiger partial charge in [0, 0.05) is 27.6 Å². The van der Waals surface area contributed by atoms with Crippen molar-refractivity contribution in [3.8, 4) is 45.6 Å². The number of hydrogen-bond donors (Lipinski definition) is 1. The van der Waals surface area contributed by atoms with Crippen LogP contribution in [0.4, 0.5) is 22.0 Å². The van der Waals surface area contributed by atoms with Crippen molar-refractivity contribution in [2.75, 3.05) is 0 Å². The van der Waals surface area contributed by atoms with Crippen molar-refractivity contribution in [2.24, 2.45) is 0 Å². The standard InChI is InChI=1S/C36H18F5N3O4S/c37-25-9-12-30-27(16-25)33(31-22(17-42)5-2-6-23(31)18-43)34(44(30)49(47,48)26-10-7-19(8-11-26)35(40)41)21-4-1-3-20(13-21)32-28(38)14-24(36(45)46)15-29(32)39/h1-16,35H,(H,45,46). The molecule has 0 saturated heterocycles. The van der Waals surface area contributed by atoms with E-state index in [0.717, 1.165) is 46.4 Å². The number of carboxylic acid groups (broad SMARTS) is 1. The minimum absolute atomic E-state index is 0.0328. The van der Waals surface area contributed by atoms with E-state index in [0.29, 0.717) is 12.1 Å². The average Bonchev–Trinajstić information content (AvgIpc) is 3.42. The lowest BCUT2D eigenvalue weighted by Gasteiger charge is -2.16. The Morgan fingerprint density at radius 1 is 0.735 bits per heavy atom.